The zero-order valence-electron chi connectivity index (χ0n) is 13.7. The van der Waals surface area contributed by atoms with Crippen molar-refractivity contribution in [1.82, 2.24) is 14.9 Å². The van der Waals surface area contributed by atoms with Crippen molar-refractivity contribution in [3.8, 4) is 11.5 Å². The molecule has 0 radical (unpaired) electrons. The van der Waals surface area contributed by atoms with Gasteiger partial charge in [-0.05, 0) is 30.8 Å². The van der Waals surface area contributed by atoms with E-state index in [1.807, 2.05) is 30.5 Å². The van der Waals surface area contributed by atoms with Crippen molar-refractivity contribution < 1.29 is 9.47 Å². The molecule has 2 aliphatic rings. The normalized spacial score (nSPS) is 17.1. The van der Waals surface area contributed by atoms with Crippen LogP contribution in [-0.4, -0.2) is 54.9 Å². The summed E-state index contributed by atoms with van der Waals surface area (Å²) < 4.78 is 10.7. The summed E-state index contributed by atoms with van der Waals surface area (Å²) in [6, 6.07) is 7.86. The molecule has 126 valence electrons. The predicted octanol–water partition coefficient (Wildman–Crippen LogP) is 1.57. The number of ether oxygens (including phenoxy) is 2. The maximum atomic E-state index is 5.41. The summed E-state index contributed by atoms with van der Waals surface area (Å²) in [6.07, 6.45) is 1.81. The van der Waals surface area contributed by atoms with E-state index in [0.29, 0.717) is 13.3 Å². The molecule has 2 aromatic rings. The van der Waals surface area contributed by atoms with Crippen molar-refractivity contribution in [2.24, 2.45) is 0 Å². The molecular formula is C17H21N5O2. The van der Waals surface area contributed by atoms with Gasteiger partial charge in [0, 0.05) is 38.9 Å². The number of likely N-dealkylation sites (N-methyl/N-ethyl adjacent to an activating group) is 1. The van der Waals surface area contributed by atoms with Crippen molar-refractivity contribution in [1.29, 1.82) is 0 Å². The van der Waals surface area contributed by atoms with Crippen LogP contribution in [-0.2, 0) is 6.54 Å². The standard InChI is InChI=1S/C17H21N5O2/c1-21-6-8-22(9-7-21)17-18-5-4-16(20-17)19-11-13-2-3-14-15(10-13)24-12-23-14/h2-5,10H,6-9,11-12H2,1H3,(H,18,19,20). The molecule has 3 heterocycles. The Hall–Kier alpha value is -2.54. The van der Waals surface area contributed by atoms with Gasteiger partial charge in [0.25, 0.3) is 0 Å². The molecule has 0 atom stereocenters. The van der Waals surface area contributed by atoms with Crippen LogP contribution in [0.5, 0.6) is 11.5 Å². The molecule has 1 aromatic heterocycles. The van der Waals surface area contributed by atoms with E-state index in [-0.39, 0.29) is 0 Å². The number of rotatable bonds is 4. The van der Waals surface area contributed by atoms with E-state index >= 15 is 0 Å². The molecule has 0 spiro atoms. The van der Waals surface area contributed by atoms with Crippen LogP contribution in [0.25, 0.3) is 0 Å². The highest BCUT2D eigenvalue weighted by atomic mass is 16.7. The average molecular weight is 327 g/mol. The van der Waals surface area contributed by atoms with E-state index in [4.69, 9.17) is 9.47 Å². The van der Waals surface area contributed by atoms with Gasteiger partial charge in [-0.15, -0.1) is 0 Å². The maximum absolute atomic E-state index is 5.41. The first kappa shape index (κ1) is 15.0. The number of anilines is 2. The zero-order chi connectivity index (χ0) is 16.4. The molecule has 1 aromatic carbocycles. The highest BCUT2D eigenvalue weighted by molar-refractivity contribution is 5.46. The molecule has 0 unspecified atom stereocenters. The highest BCUT2D eigenvalue weighted by Crippen LogP contribution is 2.32. The fourth-order valence-electron chi connectivity index (χ4n) is 2.85. The fourth-order valence-corrected chi connectivity index (χ4v) is 2.85. The van der Waals surface area contributed by atoms with Crippen LogP contribution < -0.4 is 19.7 Å². The van der Waals surface area contributed by atoms with Crippen molar-refractivity contribution in [2.45, 2.75) is 6.54 Å². The lowest BCUT2D eigenvalue weighted by Gasteiger charge is -2.32. The fraction of sp³-hybridized carbons (Fsp3) is 0.412. The number of nitrogens with one attached hydrogen (secondary N) is 1. The average Bonchev–Trinajstić information content (AvgIpc) is 3.08. The smallest absolute Gasteiger partial charge is 0.231 e. The summed E-state index contributed by atoms with van der Waals surface area (Å²) in [5.41, 5.74) is 1.12. The third-order valence-electron chi connectivity index (χ3n) is 4.34. The summed E-state index contributed by atoms with van der Waals surface area (Å²) >= 11 is 0. The Kier molecular flexibility index (Phi) is 4.08. The van der Waals surface area contributed by atoms with E-state index in [1.54, 1.807) is 0 Å². The largest absolute Gasteiger partial charge is 0.454 e. The van der Waals surface area contributed by atoms with E-state index in [2.05, 4.69) is 32.1 Å². The first-order chi connectivity index (χ1) is 11.8. The Morgan fingerprint density at radius 2 is 1.92 bits per heavy atom. The van der Waals surface area contributed by atoms with E-state index in [0.717, 1.165) is 55.0 Å². The SMILES string of the molecule is CN1CCN(c2nccc(NCc3ccc4c(c3)OCO4)n2)CC1. The minimum atomic E-state index is 0.298. The molecule has 2 aliphatic heterocycles. The zero-order valence-corrected chi connectivity index (χ0v) is 13.7. The van der Waals surface area contributed by atoms with Crippen LogP contribution in [0, 0.1) is 0 Å². The Balaban J connectivity index is 1.41. The first-order valence-electron chi connectivity index (χ1n) is 8.17. The van der Waals surface area contributed by atoms with Crippen molar-refractivity contribution >= 4 is 11.8 Å². The third-order valence-corrected chi connectivity index (χ3v) is 4.34. The number of hydrogen-bond acceptors (Lipinski definition) is 7. The van der Waals surface area contributed by atoms with Crippen LogP contribution in [0.15, 0.2) is 30.5 Å². The summed E-state index contributed by atoms with van der Waals surface area (Å²) in [6.45, 7) is 4.98. The van der Waals surface area contributed by atoms with Gasteiger partial charge in [-0.2, -0.15) is 4.98 Å². The molecule has 7 nitrogen and oxygen atoms in total. The maximum Gasteiger partial charge on any atom is 0.231 e. The number of piperazine rings is 1. The first-order valence-corrected chi connectivity index (χ1v) is 8.17. The van der Waals surface area contributed by atoms with Crippen LogP contribution in [0.3, 0.4) is 0 Å². The topological polar surface area (TPSA) is 62.8 Å². The molecule has 24 heavy (non-hydrogen) atoms. The van der Waals surface area contributed by atoms with E-state index in [9.17, 15) is 0 Å². The molecule has 0 bridgehead atoms. The molecule has 1 saturated heterocycles. The Morgan fingerprint density at radius 1 is 1.08 bits per heavy atom. The van der Waals surface area contributed by atoms with Crippen LogP contribution in [0.2, 0.25) is 0 Å². The molecule has 1 fully saturated rings. The van der Waals surface area contributed by atoms with Gasteiger partial charge in [-0.1, -0.05) is 6.07 Å². The highest BCUT2D eigenvalue weighted by Gasteiger charge is 2.17. The second kappa shape index (κ2) is 6.52. The van der Waals surface area contributed by atoms with Crippen LogP contribution >= 0.6 is 0 Å². The van der Waals surface area contributed by atoms with Gasteiger partial charge in [-0.25, -0.2) is 4.98 Å². The quantitative estimate of drug-likeness (QED) is 0.914. The summed E-state index contributed by atoms with van der Waals surface area (Å²) in [4.78, 5) is 13.6. The number of fused-ring (bicyclic) bond motifs is 1. The molecule has 0 amide bonds. The van der Waals surface area contributed by atoms with Gasteiger partial charge in [0.2, 0.25) is 12.7 Å². The number of aromatic nitrogens is 2. The Labute approximate surface area is 141 Å². The summed E-state index contributed by atoms with van der Waals surface area (Å²) in [7, 11) is 2.14. The minimum absolute atomic E-state index is 0.298. The summed E-state index contributed by atoms with van der Waals surface area (Å²) in [5, 5.41) is 3.36. The van der Waals surface area contributed by atoms with Gasteiger partial charge in [0.15, 0.2) is 11.5 Å². The van der Waals surface area contributed by atoms with Crippen molar-refractivity contribution in [3.63, 3.8) is 0 Å². The van der Waals surface area contributed by atoms with Gasteiger partial charge in [0.05, 0.1) is 0 Å². The second-order valence-corrected chi connectivity index (χ2v) is 6.07. The lowest BCUT2D eigenvalue weighted by Crippen LogP contribution is -2.45. The van der Waals surface area contributed by atoms with E-state index in [1.165, 1.54) is 0 Å². The van der Waals surface area contributed by atoms with Gasteiger partial charge < -0.3 is 24.6 Å². The number of nitrogens with zero attached hydrogens (tertiary/aromatic N) is 4. The molecule has 1 N–H and O–H groups in total. The predicted molar refractivity (Wildman–Crippen MR) is 91.6 cm³/mol. The minimum Gasteiger partial charge on any atom is -0.454 e. The molecule has 0 aliphatic carbocycles. The van der Waals surface area contributed by atoms with Gasteiger partial charge >= 0.3 is 0 Å². The molecule has 0 saturated carbocycles. The summed E-state index contributed by atoms with van der Waals surface area (Å²) in [5.74, 6) is 3.23. The molecular weight excluding hydrogens is 306 g/mol. The monoisotopic (exact) mass is 327 g/mol. The molecule has 7 heteroatoms. The van der Waals surface area contributed by atoms with E-state index < -0.39 is 0 Å². The molecule has 4 rings (SSSR count). The Bertz CT molecular complexity index is 716. The number of hydrogen-bond donors (Lipinski definition) is 1. The lowest BCUT2D eigenvalue weighted by atomic mass is 10.2. The second-order valence-electron chi connectivity index (χ2n) is 6.07. The lowest BCUT2D eigenvalue weighted by molar-refractivity contribution is 0.174. The van der Waals surface area contributed by atoms with Crippen molar-refractivity contribution in [2.75, 3.05) is 50.2 Å². The third kappa shape index (κ3) is 3.21. The van der Waals surface area contributed by atoms with Gasteiger partial charge in [0.1, 0.15) is 5.82 Å². The van der Waals surface area contributed by atoms with Gasteiger partial charge in [-0.3, -0.25) is 0 Å². The van der Waals surface area contributed by atoms with Crippen LogP contribution in [0.1, 0.15) is 5.56 Å². The Morgan fingerprint density at radius 3 is 2.79 bits per heavy atom. The number of benzene rings is 1. The van der Waals surface area contributed by atoms with Crippen molar-refractivity contribution in [3.05, 3.63) is 36.0 Å². The van der Waals surface area contributed by atoms with Crippen LogP contribution in [0.4, 0.5) is 11.8 Å².